The Hall–Kier alpha value is -2.81. The van der Waals surface area contributed by atoms with Gasteiger partial charge in [0.05, 0.1) is 23.3 Å². The predicted octanol–water partition coefficient (Wildman–Crippen LogP) is 3.46. The molecule has 0 aliphatic carbocycles. The van der Waals surface area contributed by atoms with E-state index in [-0.39, 0.29) is 23.8 Å². The minimum absolute atomic E-state index is 0.0793. The molecule has 140 valence electrons. The fraction of sp³-hybridized carbons (Fsp3) is 0.211. The molecule has 0 amide bonds. The van der Waals surface area contributed by atoms with E-state index in [0.29, 0.717) is 16.8 Å². The number of rotatable bonds is 7. The average Bonchev–Trinajstić information content (AvgIpc) is 3.16. The maximum absolute atomic E-state index is 11.1. The zero-order chi connectivity index (χ0) is 19.4. The Labute approximate surface area is 160 Å². The molecule has 27 heavy (non-hydrogen) atoms. The molecule has 7 nitrogen and oxygen atoms in total. The first-order valence-corrected chi connectivity index (χ1v) is 9.20. The largest absolute Gasteiger partial charge is 0.394 e. The summed E-state index contributed by atoms with van der Waals surface area (Å²) in [6, 6.07) is 12.7. The van der Waals surface area contributed by atoms with Crippen molar-refractivity contribution in [2.45, 2.75) is 13.0 Å². The van der Waals surface area contributed by atoms with Crippen molar-refractivity contribution in [2.75, 3.05) is 18.5 Å². The molecule has 0 fully saturated rings. The molecule has 0 bridgehead atoms. The third kappa shape index (κ3) is 4.48. The van der Waals surface area contributed by atoms with Crippen LogP contribution < -0.4 is 5.32 Å². The van der Waals surface area contributed by atoms with Gasteiger partial charge in [-0.25, -0.2) is 4.98 Å². The third-order valence-corrected chi connectivity index (χ3v) is 4.96. The molecule has 0 saturated carbocycles. The number of aliphatic hydroxyl groups is 2. The minimum Gasteiger partial charge on any atom is -0.394 e. The molecule has 0 radical (unpaired) electrons. The van der Waals surface area contributed by atoms with Gasteiger partial charge in [0.2, 0.25) is 0 Å². The lowest BCUT2D eigenvalue weighted by molar-refractivity contribution is -0.385. The van der Waals surface area contributed by atoms with Crippen molar-refractivity contribution in [3.63, 3.8) is 0 Å². The third-order valence-electron chi connectivity index (χ3n) is 4.07. The first-order valence-electron chi connectivity index (χ1n) is 8.32. The van der Waals surface area contributed by atoms with E-state index >= 15 is 0 Å². The second-order valence-corrected chi connectivity index (χ2v) is 6.95. The number of thiazole rings is 1. The standard InChI is InChI=1S/C19H19N3O4S/c1-12-5-6-13(8-18(12)22(25)26)17-11-27-19(21-17)14-3-2-4-15(7-14)20-9-16(24)10-23/h2-8,11,16,20,23-24H,9-10H2,1H3. The van der Waals surface area contributed by atoms with Crippen molar-refractivity contribution < 1.29 is 15.1 Å². The van der Waals surface area contributed by atoms with Gasteiger partial charge < -0.3 is 15.5 Å². The zero-order valence-electron chi connectivity index (χ0n) is 14.6. The molecule has 1 aromatic heterocycles. The first kappa shape index (κ1) is 19.0. The van der Waals surface area contributed by atoms with Crippen LogP contribution in [0.15, 0.2) is 47.8 Å². The smallest absolute Gasteiger partial charge is 0.272 e. The summed E-state index contributed by atoms with van der Waals surface area (Å²) in [4.78, 5) is 15.4. The number of nitro benzene ring substituents is 1. The zero-order valence-corrected chi connectivity index (χ0v) is 15.4. The Kier molecular flexibility index (Phi) is 5.80. The highest BCUT2D eigenvalue weighted by molar-refractivity contribution is 7.13. The Morgan fingerprint density at radius 2 is 2.07 bits per heavy atom. The summed E-state index contributed by atoms with van der Waals surface area (Å²) in [5.41, 5.74) is 3.79. The Bertz CT molecular complexity index is 958. The number of anilines is 1. The molecule has 1 unspecified atom stereocenters. The van der Waals surface area contributed by atoms with Crippen LogP contribution in [0.3, 0.4) is 0 Å². The molecule has 0 aliphatic heterocycles. The van der Waals surface area contributed by atoms with Crippen molar-refractivity contribution >= 4 is 22.7 Å². The van der Waals surface area contributed by atoms with E-state index in [1.807, 2.05) is 35.7 Å². The Balaban J connectivity index is 1.84. The van der Waals surface area contributed by atoms with Crippen LogP contribution in [0, 0.1) is 17.0 Å². The van der Waals surface area contributed by atoms with Crippen molar-refractivity contribution in [2.24, 2.45) is 0 Å². The molecular formula is C19H19N3O4S. The number of hydrogen-bond acceptors (Lipinski definition) is 7. The van der Waals surface area contributed by atoms with Crippen molar-refractivity contribution in [3.8, 4) is 21.8 Å². The van der Waals surface area contributed by atoms with Gasteiger partial charge in [0.1, 0.15) is 5.01 Å². The predicted molar refractivity (Wildman–Crippen MR) is 106 cm³/mol. The topological polar surface area (TPSA) is 109 Å². The summed E-state index contributed by atoms with van der Waals surface area (Å²) in [5.74, 6) is 0. The molecule has 8 heteroatoms. The number of aliphatic hydroxyl groups excluding tert-OH is 2. The van der Waals surface area contributed by atoms with E-state index in [2.05, 4.69) is 10.3 Å². The molecular weight excluding hydrogens is 366 g/mol. The maximum Gasteiger partial charge on any atom is 0.272 e. The molecule has 0 aliphatic rings. The van der Waals surface area contributed by atoms with E-state index in [9.17, 15) is 15.2 Å². The summed E-state index contributed by atoms with van der Waals surface area (Å²) < 4.78 is 0. The SMILES string of the molecule is Cc1ccc(-c2csc(-c3cccc(NCC(O)CO)c3)n2)cc1[N+](=O)[O-]. The molecule has 0 spiro atoms. The van der Waals surface area contributed by atoms with Crippen LogP contribution in [0.5, 0.6) is 0 Å². The van der Waals surface area contributed by atoms with Crippen LogP contribution in [0.1, 0.15) is 5.56 Å². The highest BCUT2D eigenvalue weighted by atomic mass is 32.1. The van der Waals surface area contributed by atoms with Crippen molar-refractivity contribution in [3.05, 3.63) is 63.5 Å². The Morgan fingerprint density at radius 1 is 1.26 bits per heavy atom. The van der Waals surface area contributed by atoms with Crippen LogP contribution in [0.25, 0.3) is 21.8 Å². The van der Waals surface area contributed by atoms with E-state index < -0.39 is 6.10 Å². The maximum atomic E-state index is 11.1. The molecule has 3 N–H and O–H groups in total. The van der Waals surface area contributed by atoms with Gasteiger partial charge >= 0.3 is 0 Å². The minimum atomic E-state index is -0.822. The first-order chi connectivity index (χ1) is 13.0. The monoisotopic (exact) mass is 385 g/mol. The fourth-order valence-corrected chi connectivity index (χ4v) is 3.39. The number of benzene rings is 2. The van der Waals surface area contributed by atoms with Gasteiger partial charge in [0, 0.05) is 40.4 Å². The normalized spacial score (nSPS) is 12.0. The van der Waals surface area contributed by atoms with Crippen LogP contribution in [0.2, 0.25) is 0 Å². The van der Waals surface area contributed by atoms with Gasteiger partial charge in [-0.05, 0) is 19.1 Å². The van der Waals surface area contributed by atoms with E-state index in [0.717, 1.165) is 16.3 Å². The van der Waals surface area contributed by atoms with Crippen LogP contribution in [-0.2, 0) is 0 Å². The molecule has 1 heterocycles. The quantitative estimate of drug-likeness (QED) is 0.425. The molecule has 3 rings (SSSR count). The number of nitrogens with zero attached hydrogens (tertiary/aromatic N) is 2. The second-order valence-electron chi connectivity index (χ2n) is 6.09. The summed E-state index contributed by atoms with van der Waals surface area (Å²) in [5, 5.41) is 35.2. The highest BCUT2D eigenvalue weighted by Gasteiger charge is 2.14. The second kappa shape index (κ2) is 8.26. The average molecular weight is 385 g/mol. The summed E-state index contributed by atoms with van der Waals surface area (Å²) in [6.07, 6.45) is -0.822. The number of hydrogen-bond donors (Lipinski definition) is 3. The lowest BCUT2D eigenvalue weighted by Crippen LogP contribution is -2.22. The lowest BCUT2D eigenvalue weighted by atomic mass is 10.1. The fourth-order valence-electron chi connectivity index (χ4n) is 2.57. The van der Waals surface area contributed by atoms with Gasteiger partial charge in [-0.15, -0.1) is 11.3 Å². The molecule has 1 atom stereocenters. The van der Waals surface area contributed by atoms with Crippen LogP contribution >= 0.6 is 11.3 Å². The van der Waals surface area contributed by atoms with E-state index in [4.69, 9.17) is 5.11 Å². The van der Waals surface area contributed by atoms with Crippen molar-refractivity contribution in [1.82, 2.24) is 4.98 Å². The molecule has 2 aromatic carbocycles. The lowest BCUT2D eigenvalue weighted by Gasteiger charge is -2.10. The number of nitrogens with one attached hydrogen (secondary N) is 1. The highest BCUT2D eigenvalue weighted by Crippen LogP contribution is 2.32. The summed E-state index contributed by atoms with van der Waals surface area (Å²) in [7, 11) is 0. The Morgan fingerprint density at radius 3 is 2.81 bits per heavy atom. The molecule has 0 saturated heterocycles. The van der Waals surface area contributed by atoms with Crippen LogP contribution in [0.4, 0.5) is 11.4 Å². The van der Waals surface area contributed by atoms with E-state index in [1.54, 1.807) is 19.1 Å². The summed E-state index contributed by atoms with van der Waals surface area (Å²) >= 11 is 1.46. The number of nitro groups is 1. The van der Waals surface area contributed by atoms with Crippen molar-refractivity contribution in [1.29, 1.82) is 0 Å². The van der Waals surface area contributed by atoms with Gasteiger partial charge in [0.15, 0.2) is 0 Å². The molecule has 3 aromatic rings. The number of aromatic nitrogens is 1. The van der Waals surface area contributed by atoms with Gasteiger partial charge in [-0.1, -0.05) is 24.3 Å². The van der Waals surface area contributed by atoms with Gasteiger partial charge in [-0.2, -0.15) is 0 Å². The van der Waals surface area contributed by atoms with Gasteiger partial charge in [-0.3, -0.25) is 10.1 Å². The number of aryl methyl sites for hydroxylation is 1. The van der Waals surface area contributed by atoms with Crippen LogP contribution in [-0.4, -0.2) is 39.4 Å². The summed E-state index contributed by atoms with van der Waals surface area (Å²) in [6.45, 7) is 1.65. The van der Waals surface area contributed by atoms with E-state index in [1.165, 1.54) is 11.3 Å². The van der Waals surface area contributed by atoms with Gasteiger partial charge in [0.25, 0.3) is 5.69 Å².